The Hall–Kier alpha value is -2.45. The van der Waals surface area contributed by atoms with Crippen LogP contribution in [0.25, 0.3) is 0 Å². The fourth-order valence-electron chi connectivity index (χ4n) is 4.57. The molecule has 0 radical (unpaired) electrons. The number of carbonyl (C=O) groups is 3. The number of nitrogens with one attached hydrogen (secondary N) is 1. The second kappa shape index (κ2) is 9.14. The maximum Gasteiger partial charge on any atom is 0.263 e. The molecule has 0 saturated carbocycles. The Morgan fingerprint density at radius 1 is 1.23 bits per heavy atom. The van der Waals surface area contributed by atoms with Crippen LogP contribution in [0.5, 0.6) is 0 Å². The largest absolute Gasteiger partial charge is 0.383 e. The van der Waals surface area contributed by atoms with Gasteiger partial charge in [-0.3, -0.25) is 19.3 Å². The Kier molecular flexibility index (Phi) is 6.34. The van der Waals surface area contributed by atoms with Gasteiger partial charge in [0.25, 0.3) is 11.8 Å². The summed E-state index contributed by atoms with van der Waals surface area (Å²) >= 11 is 0. The highest BCUT2D eigenvalue weighted by Crippen LogP contribution is 2.34. The third-order valence-corrected chi connectivity index (χ3v) is 6.13. The molecule has 3 aliphatic rings. The predicted molar refractivity (Wildman–Crippen MR) is 111 cm³/mol. The minimum absolute atomic E-state index is 0.00624. The van der Waals surface area contributed by atoms with Crippen LogP contribution in [0.3, 0.4) is 0 Å². The number of carbonyl (C=O) groups excluding carboxylic acids is 3. The average Bonchev–Trinajstić information content (AvgIpc) is 3.37. The summed E-state index contributed by atoms with van der Waals surface area (Å²) in [5, 5.41) is 2.91. The first-order valence-electron chi connectivity index (χ1n) is 10.7. The first kappa shape index (κ1) is 20.8. The number of piperidine rings is 1. The Morgan fingerprint density at radius 3 is 2.87 bits per heavy atom. The lowest BCUT2D eigenvalue weighted by Gasteiger charge is -2.34. The van der Waals surface area contributed by atoms with Gasteiger partial charge in [-0.05, 0) is 37.8 Å². The molecule has 2 fully saturated rings. The molecule has 30 heavy (non-hydrogen) atoms. The highest BCUT2D eigenvalue weighted by molar-refractivity contribution is 6.23. The third-order valence-electron chi connectivity index (χ3n) is 6.13. The molecule has 0 bridgehead atoms. The number of hydrogen-bond donors (Lipinski definition) is 1. The minimum atomic E-state index is -0.257. The Bertz CT molecular complexity index is 821. The van der Waals surface area contributed by atoms with Gasteiger partial charge in [-0.2, -0.15) is 0 Å². The number of rotatable bonds is 7. The molecule has 0 unspecified atom stereocenters. The van der Waals surface area contributed by atoms with Gasteiger partial charge in [0, 0.05) is 33.4 Å². The zero-order valence-corrected chi connectivity index (χ0v) is 17.4. The Morgan fingerprint density at radius 2 is 2.10 bits per heavy atom. The number of amides is 3. The van der Waals surface area contributed by atoms with Crippen LogP contribution in [0.15, 0.2) is 18.2 Å². The molecular formula is C22H29N3O5. The van der Waals surface area contributed by atoms with Crippen LogP contribution >= 0.6 is 0 Å². The normalized spacial score (nSPS) is 23.8. The van der Waals surface area contributed by atoms with Crippen molar-refractivity contribution in [2.45, 2.75) is 31.8 Å². The molecule has 4 rings (SSSR count). The molecule has 0 spiro atoms. The van der Waals surface area contributed by atoms with Gasteiger partial charge in [0.05, 0.1) is 42.0 Å². The third kappa shape index (κ3) is 4.06. The number of benzene rings is 1. The standard InChI is InChI=1S/C22H29N3O5/c1-29-12-9-23-20(26)15-5-3-10-24(13-15)18-8-2-7-17-19(18)22(28)25(21(17)27)14-16-6-4-11-30-16/h2,7-8,15-16H,3-6,9-14H2,1H3,(H,23,26)/t15-,16+/m0/s1. The van der Waals surface area contributed by atoms with Gasteiger partial charge in [0.15, 0.2) is 0 Å². The highest BCUT2D eigenvalue weighted by Gasteiger charge is 2.40. The van der Waals surface area contributed by atoms with Crippen molar-refractivity contribution < 1.29 is 23.9 Å². The van der Waals surface area contributed by atoms with Crippen molar-refractivity contribution in [1.29, 1.82) is 0 Å². The van der Waals surface area contributed by atoms with Crippen molar-refractivity contribution in [3.63, 3.8) is 0 Å². The van der Waals surface area contributed by atoms with Crippen molar-refractivity contribution in [2.24, 2.45) is 5.92 Å². The number of imide groups is 1. The first-order chi connectivity index (χ1) is 14.6. The molecule has 1 aromatic carbocycles. The lowest BCUT2D eigenvalue weighted by atomic mass is 9.95. The zero-order chi connectivity index (χ0) is 21.1. The van der Waals surface area contributed by atoms with E-state index in [1.165, 1.54) is 4.90 Å². The van der Waals surface area contributed by atoms with Crippen LogP contribution in [-0.4, -0.2) is 75.2 Å². The van der Waals surface area contributed by atoms with Gasteiger partial charge in [-0.25, -0.2) is 0 Å². The number of hydrogen-bond acceptors (Lipinski definition) is 6. The van der Waals surface area contributed by atoms with E-state index in [0.717, 1.165) is 37.9 Å². The van der Waals surface area contributed by atoms with Crippen LogP contribution in [0.2, 0.25) is 0 Å². The second-order valence-corrected chi connectivity index (χ2v) is 8.12. The van der Waals surface area contributed by atoms with E-state index < -0.39 is 0 Å². The minimum Gasteiger partial charge on any atom is -0.383 e. The van der Waals surface area contributed by atoms with Crippen molar-refractivity contribution in [1.82, 2.24) is 10.2 Å². The van der Waals surface area contributed by atoms with Crippen molar-refractivity contribution in [2.75, 3.05) is 51.4 Å². The summed E-state index contributed by atoms with van der Waals surface area (Å²) in [6.07, 6.45) is 3.41. The van der Waals surface area contributed by atoms with E-state index in [0.29, 0.717) is 44.0 Å². The molecular weight excluding hydrogens is 386 g/mol. The van der Waals surface area contributed by atoms with E-state index in [1.807, 2.05) is 12.1 Å². The van der Waals surface area contributed by atoms with Crippen LogP contribution in [-0.2, 0) is 14.3 Å². The maximum absolute atomic E-state index is 13.2. The van der Waals surface area contributed by atoms with Gasteiger partial charge in [0.1, 0.15) is 0 Å². The van der Waals surface area contributed by atoms with Crippen LogP contribution < -0.4 is 10.2 Å². The molecule has 162 valence electrons. The number of ether oxygens (including phenoxy) is 2. The van der Waals surface area contributed by atoms with Gasteiger partial charge < -0.3 is 19.7 Å². The SMILES string of the molecule is COCCNC(=O)[C@H]1CCCN(c2cccc3c2C(=O)N(C[C@H]2CCCO2)C3=O)C1. The van der Waals surface area contributed by atoms with Gasteiger partial charge in [0.2, 0.25) is 5.91 Å². The molecule has 8 nitrogen and oxygen atoms in total. The maximum atomic E-state index is 13.2. The molecule has 3 amide bonds. The fourth-order valence-corrected chi connectivity index (χ4v) is 4.57. The van der Waals surface area contributed by atoms with Gasteiger partial charge >= 0.3 is 0 Å². The molecule has 8 heteroatoms. The molecule has 3 aliphatic heterocycles. The molecule has 1 N–H and O–H groups in total. The predicted octanol–water partition coefficient (Wildman–Crippen LogP) is 1.44. The molecule has 3 heterocycles. The van der Waals surface area contributed by atoms with Gasteiger partial charge in [-0.15, -0.1) is 0 Å². The summed E-state index contributed by atoms with van der Waals surface area (Å²) in [7, 11) is 1.60. The number of methoxy groups -OCH3 is 1. The van der Waals surface area contributed by atoms with E-state index in [2.05, 4.69) is 10.2 Å². The van der Waals surface area contributed by atoms with E-state index in [1.54, 1.807) is 13.2 Å². The summed E-state index contributed by atoms with van der Waals surface area (Å²) in [6, 6.07) is 5.41. The summed E-state index contributed by atoms with van der Waals surface area (Å²) in [5.41, 5.74) is 1.65. The van der Waals surface area contributed by atoms with Crippen molar-refractivity contribution in [3.05, 3.63) is 29.3 Å². The summed E-state index contributed by atoms with van der Waals surface area (Å²) in [6.45, 7) is 3.23. The molecule has 2 atom stereocenters. The van der Waals surface area contributed by atoms with E-state index in [9.17, 15) is 14.4 Å². The van der Waals surface area contributed by atoms with Crippen molar-refractivity contribution >= 4 is 23.4 Å². The summed E-state index contributed by atoms with van der Waals surface area (Å²) in [5.74, 6) is -0.653. The Labute approximate surface area is 176 Å². The van der Waals surface area contributed by atoms with E-state index in [4.69, 9.17) is 9.47 Å². The van der Waals surface area contributed by atoms with Gasteiger partial charge in [-0.1, -0.05) is 6.07 Å². The second-order valence-electron chi connectivity index (χ2n) is 8.12. The Balaban J connectivity index is 1.50. The molecule has 0 aromatic heterocycles. The molecule has 2 saturated heterocycles. The number of anilines is 1. The monoisotopic (exact) mass is 415 g/mol. The van der Waals surface area contributed by atoms with Crippen LogP contribution in [0.4, 0.5) is 5.69 Å². The topological polar surface area (TPSA) is 88.2 Å². The van der Waals surface area contributed by atoms with Crippen LogP contribution in [0, 0.1) is 5.92 Å². The smallest absolute Gasteiger partial charge is 0.263 e. The van der Waals surface area contributed by atoms with E-state index in [-0.39, 0.29) is 29.7 Å². The average molecular weight is 415 g/mol. The summed E-state index contributed by atoms with van der Waals surface area (Å²) in [4.78, 5) is 42.0. The quantitative estimate of drug-likeness (QED) is 0.536. The lowest BCUT2D eigenvalue weighted by Crippen LogP contribution is -2.44. The number of nitrogens with zero attached hydrogens (tertiary/aromatic N) is 2. The lowest BCUT2D eigenvalue weighted by molar-refractivity contribution is -0.125. The van der Waals surface area contributed by atoms with Crippen LogP contribution in [0.1, 0.15) is 46.4 Å². The zero-order valence-electron chi connectivity index (χ0n) is 17.4. The fraction of sp³-hybridized carbons (Fsp3) is 0.591. The highest BCUT2D eigenvalue weighted by atomic mass is 16.5. The number of fused-ring (bicyclic) bond motifs is 1. The summed E-state index contributed by atoms with van der Waals surface area (Å²) < 4.78 is 10.6. The molecule has 1 aromatic rings. The van der Waals surface area contributed by atoms with E-state index >= 15 is 0 Å². The van der Waals surface area contributed by atoms with Crippen molar-refractivity contribution in [3.8, 4) is 0 Å². The molecule has 0 aliphatic carbocycles. The first-order valence-corrected chi connectivity index (χ1v) is 10.7.